The lowest BCUT2D eigenvalue weighted by Crippen LogP contribution is -3.00. The van der Waals surface area contributed by atoms with E-state index in [2.05, 4.69) is 50.1 Å². The van der Waals surface area contributed by atoms with Crippen molar-refractivity contribution in [2.45, 2.75) is 26.7 Å². The molecule has 86 valence electrons. The average molecular weight is 328 g/mol. The average Bonchev–Trinajstić information content (AvgIpc) is 2.23. The fraction of sp³-hybridized carbons (Fsp3) is 0.385. The van der Waals surface area contributed by atoms with Gasteiger partial charge in [-0.3, -0.25) is 0 Å². The van der Waals surface area contributed by atoms with Crippen molar-refractivity contribution in [2.24, 2.45) is 7.05 Å². The predicted octanol–water partition coefficient (Wildman–Crippen LogP) is -0.505. The standard InChI is InChI=1S/C13H17N2.HI/c1-9(2)13-10(3)11-7-5-6-8-12(11)15(4)14-13;/h5-9H,1-4H3;1H/q+1;/p-1. The number of hydrogen-bond donors (Lipinski definition) is 0. The summed E-state index contributed by atoms with van der Waals surface area (Å²) in [7, 11) is 2.01. The van der Waals surface area contributed by atoms with Crippen molar-refractivity contribution in [3.05, 3.63) is 35.5 Å². The summed E-state index contributed by atoms with van der Waals surface area (Å²) in [5.74, 6) is 0.473. The van der Waals surface area contributed by atoms with Crippen molar-refractivity contribution in [2.75, 3.05) is 0 Å². The Hall–Kier alpha value is -0.710. The lowest BCUT2D eigenvalue weighted by molar-refractivity contribution is -0.706. The maximum Gasteiger partial charge on any atom is 0.239 e. The molecule has 2 nitrogen and oxygen atoms in total. The van der Waals surface area contributed by atoms with E-state index in [1.54, 1.807) is 0 Å². The Labute approximate surface area is 114 Å². The van der Waals surface area contributed by atoms with Gasteiger partial charge in [0.05, 0.1) is 5.39 Å². The van der Waals surface area contributed by atoms with E-state index in [4.69, 9.17) is 0 Å². The first kappa shape index (κ1) is 13.4. The minimum atomic E-state index is 0. The highest BCUT2D eigenvalue weighted by atomic mass is 127. The van der Waals surface area contributed by atoms with Crippen LogP contribution in [0.1, 0.15) is 31.0 Å². The van der Waals surface area contributed by atoms with Gasteiger partial charge in [0.15, 0.2) is 7.05 Å². The molecule has 0 bridgehead atoms. The van der Waals surface area contributed by atoms with Gasteiger partial charge in [-0.05, 0) is 23.7 Å². The molecule has 0 saturated carbocycles. The summed E-state index contributed by atoms with van der Waals surface area (Å²) in [6.07, 6.45) is 0. The molecule has 0 aliphatic rings. The van der Waals surface area contributed by atoms with E-state index < -0.39 is 0 Å². The molecule has 0 atom stereocenters. The molecule has 16 heavy (non-hydrogen) atoms. The molecule has 0 spiro atoms. The summed E-state index contributed by atoms with van der Waals surface area (Å²) in [6.45, 7) is 6.53. The summed E-state index contributed by atoms with van der Waals surface area (Å²) < 4.78 is 1.97. The monoisotopic (exact) mass is 328 g/mol. The molecule has 1 aromatic heterocycles. The number of halogens is 1. The van der Waals surface area contributed by atoms with Gasteiger partial charge in [0, 0.05) is 12.0 Å². The quantitative estimate of drug-likeness (QED) is 0.509. The molecule has 0 aliphatic heterocycles. The van der Waals surface area contributed by atoms with Gasteiger partial charge in [-0.1, -0.05) is 30.7 Å². The second-order valence-electron chi connectivity index (χ2n) is 4.31. The maximum atomic E-state index is 4.62. The van der Waals surface area contributed by atoms with Crippen molar-refractivity contribution >= 4 is 10.9 Å². The Bertz CT molecular complexity index is 507. The summed E-state index contributed by atoms with van der Waals surface area (Å²) in [4.78, 5) is 0. The molecule has 1 aromatic carbocycles. The van der Waals surface area contributed by atoms with Crippen LogP contribution in [0.5, 0.6) is 0 Å². The Balaban J connectivity index is 0.00000128. The fourth-order valence-corrected chi connectivity index (χ4v) is 2.05. The number of fused-ring (bicyclic) bond motifs is 1. The first-order valence-electron chi connectivity index (χ1n) is 5.37. The van der Waals surface area contributed by atoms with Crippen LogP contribution in [0, 0.1) is 6.92 Å². The topological polar surface area (TPSA) is 16.8 Å². The van der Waals surface area contributed by atoms with Crippen LogP contribution in [-0.4, -0.2) is 5.10 Å². The molecule has 2 aromatic rings. The van der Waals surface area contributed by atoms with Crippen molar-refractivity contribution in [3.63, 3.8) is 0 Å². The lowest BCUT2D eigenvalue weighted by Gasteiger charge is -2.07. The molecular weight excluding hydrogens is 311 g/mol. The van der Waals surface area contributed by atoms with Crippen LogP contribution in [0.2, 0.25) is 0 Å². The van der Waals surface area contributed by atoms with E-state index in [1.807, 2.05) is 11.7 Å². The number of rotatable bonds is 1. The minimum Gasteiger partial charge on any atom is -1.00 e. The van der Waals surface area contributed by atoms with Crippen LogP contribution in [-0.2, 0) is 7.05 Å². The van der Waals surface area contributed by atoms with E-state index in [-0.39, 0.29) is 24.0 Å². The Kier molecular flexibility index (Phi) is 4.24. The summed E-state index contributed by atoms with van der Waals surface area (Å²) in [5, 5.41) is 5.92. The Morgan fingerprint density at radius 3 is 2.44 bits per heavy atom. The molecule has 2 rings (SSSR count). The molecular formula is C13H17IN2. The first-order chi connectivity index (χ1) is 7.11. The van der Waals surface area contributed by atoms with Gasteiger partial charge in [-0.25, -0.2) is 0 Å². The SMILES string of the molecule is Cc1c(C(C)C)n[n+](C)c2ccccc12.[I-]. The highest BCUT2D eigenvalue weighted by Gasteiger charge is 2.16. The van der Waals surface area contributed by atoms with Gasteiger partial charge in [0.2, 0.25) is 5.52 Å². The zero-order valence-corrected chi connectivity index (χ0v) is 12.3. The first-order valence-corrected chi connectivity index (χ1v) is 5.37. The number of benzene rings is 1. The van der Waals surface area contributed by atoms with E-state index in [0.717, 1.165) is 0 Å². The van der Waals surface area contributed by atoms with Crippen LogP contribution in [0.25, 0.3) is 10.9 Å². The van der Waals surface area contributed by atoms with Gasteiger partial charge >= 0.3 is 0 Å². The van der Waals surface area contributed by atoms with Gasteiger partial charge in [0.25, 0.3) is 0 Å². The molecule has 0 fully saturated rings. The predicted molar refractivity (Wildman–Crippen MR) is 61.7 cm³/mol. The zero-order valence-electron chi connectivity index (χ0n) is 10.2. The summed E-state index contributed by atoms with van der Waals surface area (Å²) in [5.41, 5.74) is 3.69. The number of nitrogens with zero attached hydrogens (tertiary/aromatic N) is 2. The second kappa shape index (κ2) is 5.08. The zero-order chi connectivity index (χ0) is 11.0. The third-order valence-corrected chi connectivity index (χ3v) is 2.85. The van der Waals surface area contributed by atoms with Crippen LogP contribution in [0.3, 0.4) is 0 Å². The Morgan fingerprint density at radius 2 is 1.81 bits per heavy atom. The largest absolute Gasteiger partial charge is 1.00 e. The highest BCUT2D eigenvalue weighted by Crippen LogP contribution is 2.21. The van der Waals surface area contributed by atoms with Crippen LogP contribution >= 0.6 is 0 Å². The van der Waals surface area contributed by atoms with Gasteiger partial charge in [0.1, 0.15) is 5.69 Å². The number of hydrogen-bond acceptors (Lipinski definition) is 1. The maximum absolute atomic E-state index is 4.62. The second-order valence-corrected chi connectivity index (χ2v) is 4.31. The summed E-state index contributed by atoms with van der Waals surface area (Å²) in [6, 6.07) is 8.41. The molecule has 1 heterocycles. The summed E-state index contributed by atoms with van der Waals surface area (Å²) >= 11 is 0. The molecule has 0 unspecified atom stereocenters. The fourth-order valence-electron chi connectivity index (χ4n) is 2.05. The third-order valence-electron chi connectivity index (χ3n) is 2.85. The van der Waals surface area contributed by atoms with Gasteiger partial charge in [-0.15, -0.1) is 0 Å². The Morgan fingerprint density at radius 1 is 1.19 bits per heavy atom. The molecule has 0 amide bonds. The van der Waals surface area contributed by atoms with E-state index in [0.29, 0.717) is 5.92 Å². The van der Waals surface area contributed by atoms with Crippen molar-refractivity contribution in [1.82, 2.24) is 5.10 Å². The normalized spacial score (nSPS) is 10.6. The highest BCUT2D eigenvalue weighted by molar-refractivity contribution is 5.79. The van der Waals surface area contributed by atoms with E-state index >= 15 is 0 Å². The molecule has 0 radical (unpaired) electrons. The van der Waals surface area contributed by atoms with Crippen molar-refractivity contribution in [1.29, 1.82) is 0 Å². The van der Waals surface area contributed by atoms with Crippen LogP contribution in [0.4, 0.5) is 0 Å². The van der Waals surface area contributed by atoms with E-state index in [9.17, 15) is 0 Å². The molecule has 3 heteroatoms. The third kappa shape index (κ3) is 2.19. The van der Waals surface area contributed by atoms with Gasteiger partial charge in [-0.2, -0.15) is 0 Å². The number of aryl methyl sites for hydroxylation is 2. The smallest absolute Gasteiger partial charge is 0.239 e. The minimum absolute atomic E-state index is 0. The van der Waals surface area contributed by atoms with Crippen molar-refractivity contribution < 1.29 is 28.7 Å². The van der Waals surface area contributed by atoms with Gasteiger partial charge < -0.3 is 24.0 Å². The van der Waals surface area contributed by atoms with E-state index in [1.165, 1.54) is 22.2 Å². The lowest BCUT2D eigenvalue weighted by atomic mass is 10.0. The molecule has 0 saturated heterocycles. The van der Waals surface area contributed by atoms with Crippen molar-refractivity contribution in [3.8, 4) is 0 Å². The molecule has 0 aliphatic carbocycles. The number of aromatic nitrogens is 2. The van der Waals surface area contributed by atoms with Crippen LogP contribution < -0.4 is 28.7 Å². The van der Waals surface area contributed by atoms with Crippen LogP contribution in [0.15, 0.2) is 24.3 Å². The molecule has 0 N–H and O–H groups in total. The number of para-hydroxylation sites is 1.